The van der Waals surface area contributed by atoms with Gasteiger partial charge in [0.2, 0.25) is 0 Å². The number of H-pyrrole nitrogens is 1. The highest BCUT2D eigenvalue weighted by Crippen LogP contribution is 2.38. The number of ether oxygens (including phenoxy) is 1. The normalized spacial score (nSPS) is 17.3. The molecule has 1 aliphatic heterocycles. The number of aryl methyl sites for hydroxylation is 1. The number of methoxy groups -OCH3 is 1. The quantitative estimate of drug-likeness (QED) is 0.879. The van der Waals surface area contributed by atoms with Gasteiger partial charge in [0.05, 0.1) is 12.8 Å². The summed E-state index contributed by atoms with van der Waals surface area (Å²) in [5.41, 5.74) is 5.17. The van der Waals surface area contributed by atoms with Gasteiger partial charge in [0.15, 0.2) is 5.82 Å². The Morgan fingerprint density at radius 1 is 1.19 bits per heavy atom. The summed E-state index contributed by atoms with van der Waals surface area (Å²) in [5.74, 6) is 2.08. The number of aromatic nitrogens is 2. The fourth-order valence-electron chi connectivity index (χ4n) is 3.36. The van der Waals surface area contributed by atoms with E-state index in [0.29, 0.717) is 0 Å². The lowest BCUT2D eigenvalue weighted by Gasteiger charge is -2.29. The molecule has 1 aromatic heterocycles. The van der Waals surface area contributed by atoms with E-state index >= 15 is 0 Å². The molecule has 5 heteroatoms. The Morgan fingerprint density at radius 2 is 2.05 bits per heavy atom. The van der Waals surface area contributed by atoms with Crippen LogP contribution in [0.25, 0.3) is 11.3 Å². The van der Waals surface area contributed by atoms with Crippen LogP contribution in [0.5, 0.6) is 5.75 Å². The van der Waals surface area contributed by atoms with E-state index in [1.807, 2.05) is 6.07 Å². The standard InChI is InChI=1S/C16H20N4O/c1-21-12-3-5-13-11(10-12)2-4-14-15(13)18-19-16(14)20-8-6-17-7-9-20/h3,5,10,17H,2,4,6-9H2,1H3,(H,18,19). The second kappa shape index (κ2) is 5.07. The summed E-state index contributed by atoms with van der Waals surface area (Å²) < 4.78 is 5.33. The fourth-order valence-corrected chi connectivity index (χ4v) is 3.36. The number of fused-ring (bicyclic) bond motifs is 3. The van der Waals surface area contributed by atoms with Crippen LogP contribution in [0.15, 0.2) is 18.2 Å². The minimum Gasteiger partial charge on any atom is -0.497 e. The van der Waals surface area contributed by atoms with Gasteiger partial charge in [-0.15, -0.1) is 0 Å². The van der Waals surface area contributed by atoms with Gasteiger partial charge in [0, 0.05) is 37.3 Å². The van der Waals surface area contributed by atoms with Crippen LogP contribution in [-0.2, 0) is 12.8 Å². The van der Waals surface area contributed by atoms with E-state index in [1.165, 1.54) is 22.4 Å². The van der Waals surface area contributed by atoms with Crippen LogP contribution >= 0.6 is 0 Å². The first kappa shape index (κ1) is 12.7. The van der Waals surface area contributed by atoms with Gasteiger partial charge in [-0.2, -0.15) is 5.10 Å². The number of anilines is 1. The number of hydrogen-bond acceptors (Lipinski definition) is 4. The Balaban J connectivity index is 1.73. The first-order valence-electron chi connectivity index (χ1n) is 7.57. The van der Waals surface area contributed by atoms with Crippen LogP contribution in [-0.4, -0.2) is 43.5 Å². The molecule has 5 nitrogen and oxygen atoms in total. The maximum absolute atomic E-state index is 5.33. The zero-order valence-corrected chi connectivity index (χ0v) is 12.3. The SMILES string of the molecule is COc1ccc2c(c1)CCc1c(N3CCNCC3)n[nH]c1-2. The molecule has 2 heterocycles. The molecule has 2 aromatic rings. The lowest BCUT2D eigenvalue weighted by Crippen LogP contribution is -2.44. The molecule has 0 saturated carbocycles. The molecule has 0 radical (unpaired) electrons. The summed E-state index contributed by atoms with van der Waals surface area (Å²) in [4.78, 5) is 2.39. The van der Waals surface area contributed by atoms with Gasteiger partial charge in [0.25, 0.3) is 0 Å². The Kier molecular flexibility index (Phi) is 3.07. The second-order valence-corrected chi connectivity index (χ2v) is 5.66. The summed E-state index contributed by atoms with van der Waals surface area (Å²) in [6, 6.07) is 6.31. The van der Waals surface area contributed by atoms with Crippen molar-refractivity contribution in [1.82, 2.24) is 15.5 Å². The van der Waals surface area contributed by atoms with E-state index in [4.69, 9.17) is 4.74 Å². The number of piperazine rings is 1. The number of benzene rings is 1. The van der Waals surface area contributed by atoms with Crippen molar-refractivity contribution >= 4 is 5.82 Å². The van der Waals surface area contributed by atoms with Crippen LogP contribution in [0.1, 0.15) is 11.1 Å². The van der Waals surface area contributed by atoms with Crippen molar-refractivity contribution in [1.29, 1.82) is 0 Å². The van der Waals surface area contributed by atoms with E-state index in [9.17, 15) is 0 Å². The van der Waals surface area contributed by atoms with Crippen LogP contribution in [0.3, 0.4) is 0 Å². The largest absolute Gasteiger partial charge is 0.497 e. The van der Waals surface area contributed by atoms with Gasteiger partial charge in [-0.1, -0.05) is 0 Å². The molecule has 0 bridgehead atoms. The average molecular weight is 284 g/mol. The first-order chi connectivity index (χ1) is 10.4. The van der Waals surface area contributed by atoms with Gasteiger partial charge in [0.1, 0.15) is 5.75 Å². The lowest BCUT2D eigenvalue weighted by atomic mass is 9.89. The van der Waals surface area contributed by atoms with Gasteiger partial charge in [-0.05, 0) is 36.6 Å². The van der Waals surface area contributed by atoms with E-state index in [0.717, 1.165) is 50.6 Å². The van der Waals surface area contributed by atoms with Gasteiger partial charge in [-0.3, -0.25) is 5.10 Å². The van der Waals surface area contributed by atoms with Crippen LogP contribution in [0.2, 0.25) is 0 Å². The number of aromatic amines is 1. The highest BCUT2D eigenvalue weighted by molar-refractivity contribution is 5.75. The average Bonchev–Trinajstić information content (AvgIpc) is 2.99. The van der Waals surface area contributed by atoms with Crippen LogP contribution in [0, 0.1) is 0 Å². The van der Waals surface area contributed by atoms with Crippen molar-refractivity contribution in [2.24, 2.45) is 0 Å². The van der Waals surface area contributed by atoms with Gasteiger partial charge in [-0.25, -0.2) is 0 Å². The maximum Gasteiger partial charge on any atom is 0.154 e. The lowest BCUT2D eigenvalue weighted by molar-refractivity contribution is 0.414. The molecule has 2 aliphatic rings. The molecule has 0 amide bonds. The van der Waals surface area contributed by atoms with Crippen LogP contribution < -0.4 is 15.0 Å². The highest BCUT2D eigenvalue weighted by atomic mass is 16.5. The molecular weight excluding hydrogens is 264 g/mol. The Bertz CT molecular complexity index is 658. The molecule has 2 N–H and O–H groups in total. The first-order valence-corrected chi connectivity index (χ1v) is 7.57. The van der Waals surface area contributed by atoms with E-state index in [-0.39, 0.29) is 0 Å². The van der Waals surface area contributed by atoms with Crippen molar-refractivity contribution in [3.63, 3.8) is 0 Å². The van der Waals surface area contributed by atoms with E-state index in [2.05, 4.69) is 32.5 Å². The minimum atomic E-state index is 0.930. The number of rotatable bonds is 2. The van der Waals surface area contributed by atoms with Crippen molar-refractivity contribution in [3.05, 3.63) is 29.3 Å². The summed E-state index contributed by atoms with van der Waals surface area (Å²) in [7, 11) is 1.72. The summed E-state index contributed by atoms with van der Waals surface area (Å²) in [6.45, 7) is 4.14. The Labute approximate surface area is 124 Å². The molecule has 0 unspecified atom stereocenters. The minimum absolute atomic E-state index is 0.930. The molecule has 1 fully saturated rings. The third kappa shape index (κ3) is 2.08. The summed E-state index contributed by atoms with van der Waals surface area (Å²) >= 11 is 0. The van der Waals surface area contributed by atoms with E-state index < -0.39 is 0 Å². The van der Waals surface area contributed by atoms with Crippen LogP contribution in [0.4, 0.5) is 5.82 Å². The molecule has 1 aromatic carbocycles. The van der Waals surface area contributed by atoms with Crippen molar-refractivity contribution in [2.45, 2.75) is 12.8 Å². The monoisotopic (exact) mass is 284 g/mol. The highest BCUT2D eigenvalue weighted by Gasteiger charge is 2.25. The van der Waals surface area contributed by atoms with Crippen molar-refractivity contribution in [2.75, 3.05) is 38.2 Å². The molecule has 4 rings (SSSR count). The number of nitrogens with zero attached hydrogens (tertiary/aromatic N) is 2. The summed E-state index contributed by atoms with van der Waals surface area (Å²) in [5, 5.41) is 11.3. The molecule has 21 heavy (non-hydrogen) atoms. The van der Waals surface area contributed by atoms with Gasteiger partial charge < -0.3 is 15.0 Å². The number of nitrogens with one attached hydrogen (secondary N) is 2. The predicted molar refractivity (Wildman–Crippen MR) is 83.1 cm³/mol. The fraction of sp³-hybridized carbons (Fsp3) is 0.438. The Morgan fingerprint density at radius 3 is 2.86 bits per heavy atom. The van der Waals surface area contributed by atoms with Gasteiger partial charge >= 0.3 is 0 Å². The smallest absolute Gasteiger partial charge is 0.154 e. The second-order valence-electron chi connectivity index (χ2n) is 5.66. The third-order valence-electron chi connectivity index (χ3n) is 4.49. The third-order valence-corrected chi connectivity index (χ3v) is 4.49. The molecule has 0 spiro atoms. The molecular formula is C16H20N4O. The zero-order valence-electron chi connectivity index (χ0n) is 12.3. The molecule has 1 aliphatic carbocycles. The molecule has 110 valence electrons. The van der Waals surface area contributed by atoms with Crippen molar-refractivity contribution in [3.8, 4) is 17.0 Å². The zero-order chi connectivity index (χ0) is 14.2. The Hall–Kier alpha value is -2.01. The topological polar surface area (TPSA) is 53.2 Å². The number of hydrogen-bond donors (Lipinski definition) is 2. The molecule has 1 saturated heterocycles. The maximum atomic E-state index is 5.33. The summed E-state index contributed by atoms with van der Waals surface area (Å²) in [6.07, 6.45) is 2.10. The van der Waals surface area contributed by atoms with Crippen molar-refractivity contribution < 1.29 is 4.74 Å². The molecule has 0 atom stereocenters. The van der Waals surface area contributed by atoms with E-state index in [1.54, 1.807) is 7.11 Å². The predicted octanol–water partition coefficient (Wildman–Crippen LogP) is 1.59.